The lowest BCUT2D eigenvalue weighted by molar-refractivity contribution is 0.457. The third kappa shape index (κ3) is 2.65. The van der Waals surface area contributed by atoms with Crippen LogP contribution in [0.1, 0.15) is 5.56 Å². The highest BCUT2D eigenvalue weighted by atomic mass is 35.5. The summed E-state index contributed by atoms with van der Waals surface area (Å²) in [6.07, 6.45) is 0. The molecule has 7 heteroatoms. The van der Waals surface area contributed by atoms with Gasteiger partial charge in [-0.2, -0.15) is 0 Å². The van der Waals surface area contributed by atoms with Crippen molar-refractivity contribution in [1.82, 2.24) is 0 Å². The van der Waals surface area contributed by atoms with E-state index < -0.39 is 29.0 Å². The van der Waals surface area contributed by atoms with Gasteiger partial charge in [0.15, 0.2) is 23.3 Å². The van der Waals surface area contributed by atoms with E-state index in [9.17, 15) is 22.7 Å². The molecule has 2 nitrogen and oxygen atoms in total. The van der Waals surface area contributed by atoms with Crippen molar-refractivity contribution in [3.63, 3.8) is 0 Å². The maximum Gasteiger partial charge on any atom is 0.185 e. The van der Waals surface area contributed by atoms with Gasteiger partial charge in [-0.05, 0) is 6.07 Å². The van der Waals surface area contributed by atoms with Crippen molar-refractivity contribution in [3.05, 3.63) is 58.1 Å². The second kappa shape index (κ2) is 5.58. The van der Waals surface area contributed by atoms with Gasteiger partial charge in [-0.1, -0.05) is 23.7 Å². The Bertz CT molecular complexity index is 637. The number of aromatic hydroxyl groups is 1. The number of hydrogen-bond acceptors (Lipinski definition) is 2. The summed E-state index contributed by atoms with van der Waals surface area (Å²) in [5, 5.41) is 11.9. The first kappa shape index (κ1) is 14.5. The molecule has 2 aromatic rings. The van der Waals surface area contributed by atoms with Gasteiger partial charge in [-0.15, -0.1) is 0 Å². The minimum atomic E-state index is -1.54. The predicted molar refractivity (Wildman–Crippen MR) is 66.7 cm³/mol. The second-order valence-electron chi connectivity index (χ2n) is 3.94. The summed E-state index contributed by atoms with van der Waals surface area (Å²) in [6, 6.07) is 4.49. The molecule has 0 amide bonds. The molecule has 0 unspecified atom stereocenters. The molecule has 0 fully saturated rings. The van der Waals surface area contributed by atoms with E-state index in [0.29, 0.717) is 0 Å². The molecule has 0 radical (unpaired) electrons. The summed E-state index contributed by atoms with van der Waals surface area (Å²) >= 11 is 5.66. The van der Waals surface area contributed by atoms with Crippen LogP contribution in [0, 0.1) is 23.3 Å². The summed E-state index contributed by atoms with van der Waals surface area (Å²) in [5.41, 5.74) is -0.720. The molecule has 2 rings (SSSR count). The van der Waals surface area contributed by atoms with Gasteiger partial charge in [0.25, 0.3) is 0 Å². The zero-order valence-corrected chi connectivity index (χ0v) is 10.6. The number of para-hydroxylation sites is 1. The average molecular weight is 306 g/mol. The molecule has 106 valence electrons. The van der Waals surface area contributed by atoms with Crippen molar-refractivity contribution >= 4 is 17.3 Å². The quantitative estimate of drug-likeness (QED) is 0.657. The first-order valence-corrected chi connectivity index (χ1v) is 5.82. The van der Waals surface area contributed by atoms with Crippen molar-refractivity contribution in [3.8, 4) is 5.75 Å². The lowest BCUT2D eigenvalue weighted by Crippen LogP contribution is -2.07. The molecule has 0 aliphatic rings. The minimum absolute atomic E-state index is 0.0515. The topological polar surface area (TPSA) is 32.3 Å². The van der Waals surface area contributed by atoms with E-state index in [4.69, 9.17) is 11.6 Å². The molecule has 0 aliphatic heterocycles. The van der Waals surface area contributed by atoms with Crippen LogP contribution in [0.5, 0.6) is 5.75 Å². The Labute approximate surface area is 116 Å². The van der Waals surface area contributed by atoms with E-state index in [0.717, 1.165) is 0 Å². The second-order valence-corrected chi connectivity index (χ2v) is 4.35. The van der Waals surface area contributed by atoms with Crippen LogP contribution in [0.25, 0.3) is 0 Å². The van der Waals surface area contributed by atoms with Crippen LogP contribution >= 0.6 is 11.6 Å². The lowest BCUT2D eigenvalue weighted by Gasteiger charge is -2.11. The molecule has 0 aliphatic carbocycles. The monoisotopic (exact) mass is 305 g/mol. The molecule has 0 saturated heterocycles. The van der Waals surface area contributed by atoms with E-state index in [1.807, 2.05) is 0 Å². The Kier molecular flexibility index (Phi) is 4.04. The fraction of sp³-hybridized carbons (Fsp3) is 0.0769. The molecule has 2 aromatic carbocycles. The van der Waals surface area contributed by atoms with Gasteiger partial charge < -0.3 is 10.4 Å². The van der Waals surface area contributed by atoms with E-state index in [-0.39, 0.29) is 28.9 Å². The van der Waals surface area contributed by atoms with Crippen LogP contribution in [0.2, 0.25) is 5.02 Å². The van der Waals surface area contributed by atoms with E-state index >= 15 is 0 Å². The van der Waals surface area contributed by atoms with Gasteiger partial charge in [-0.3, -0.25) is 0 Å². The fourth-order valence-corrected chi connectivity index (χ4v) is 1.81. The molecule has 20 heavy (non-hydrogen) atoms. The normalized spacial score (nSPS) is 10.7. The highest BCUT2D eigenvalue weighted by molar-refractivity contribution is 6.32. The lowest BCUT2D eigenvalue weighted by atomic mass is 10.2. The number of benzene rings is 2. The number of nitrogens with one attached hydrogen (secondary N) is 1. The van der Waals surface area contributed by atoms with E-state index in [1.54, 1.807) is 0 Å². The summed E-state index contributed by atoms with van der Waals surface area (Å²) < 4.78 is 52.8. The van der Waals surface area contributed by atoms with Crippen molar-refractivity contribution in [1.29, 1.82) is 0 Å². The standard InChI is InChI=1S/C13H8ClF4NO/c14-7-3-1-2-6(13(7)20)5-19-12-10(17)8(15)4-9(16)11(12)18/h1-4,19-20H,5H2. The maximum absolute atomic E-state index is 13.4. The van der Waals surface area contributed by atoms with Gasteiger partial charge >= 0.3 is 0 Å². The number of anilines is 1. The number of phenolic OH excluding ortho intramolecular Hbond substituents is 1. The number of halogens is 5. The van der Waals surface area contributed by atoms with Crippen molar-refractivity contribution in [2.75, 3.05) is 5.32 Å². The highest BCUT2D eigenvalue weighted by Crippen LogP contribution is 2.29. The van der Waals surface area contributed by atoms with Crippen LogP contribution in [0.4, 0.5) is 23.2 Å². The predicted octanol–water partition coefficient (Wildman–Crippen LogP) is 4.21. The zero-order valence-electron chi connectivity index (χ0n) is 9.85. The van der Waals surface area contributed by atoms with Crippen molar-refractivity contribution < 1.29 is 22.7 Å². The van der Waals surface area contributed by atoms with Gasteiger partial charge in [0.1, 0.15) is 11.4 Å². The molecule has 0 atom stereocenters. The Morgan fingerprint density at radius 2 is 1.65 bits per heavy atom. The first-order valence-electron chi connectivity index (χ1n) is 5.45. The van der Waals surface area contributed by atoms with Crippen molar-refractivity contribution in [2.24, 2.45) is 0 Å². The van der Waals surface area contributed by atoms with Crippen LogP contribution in [-0.2, 0) is 6.54 Å². The molecule has 0 spiro atoms. The Hall–Kier alpha value is -1.95. The average Bonchev–Trinajstić information content (AvgIpc) is 2.41. The van der Waals surface area contributed by atoms with Gasteiger partial charge in [0, 0.05) is 18.2 Å². The Morgan fingerprint density at radius 3 is 2.25 bits per heavy atom. The van der Waals surface area contributed by atoms with Crippen molar-refractivity contribution in [2.45, 2.75) is 6.54 Å². The number of rotatable bonds is 3. The third-order valence-electron chi connectivity index (χ3n) is 2.64. The molecule has 0 saturated carbocycles. The molecule has 0 bridgehead atoms. The van der Waals surface area contributed by atoms with Gasteiger partial charge in [-0.25, -0.2) is 17.6 Å². The van der Waals surface area contributed by atoms with Crippen LogP contribution in [0.3, 0.4) is 0 Å². The van der Waals surface area contributed by atoms with Crippen LogP contribution in [0.15, 0.2) is 24.3 Å². The molecule has 2 N–H and O–H groups in total. The Morgan fingerprint density at radius 1 is 1.05 bits per heavy atom. The highest BCUT2D eigenvalue weighted by Gasteiger charge is 2.19. The third-order valence-corrected chi connectivity index (χ3v) is 2.94. The summed E-state index contributed by atoms with van der Waals surface area (Å²) in [4.78, 5) is 0. The summed E-state index contributed by atoms with van der Waals surface area (Å²) in [7, 11) is 0. The minimum Gasteiger partial charge on any atom is -0.506 e. The molecular formula is C13H8ClF4NO. The van der Waals surface area contributed by atoms with E-state index in [2.05, 4.69) is 5.32 Å². The van der Waals surface area contributed by atoms with Gasteiger partial charge in [0.2, 0.25) is 0 Å². The fourth-order valence-electron chi connectivity index (χ4n) is 1.61. The van der Waals surface area contributed by atoms with Gasteiger partial charge in [0.05, 0.1) is 5.02 Å². The molecule has 0 aromatic heterocycles. The molecule has 0 heterocycles. The largest absolute Gasteiger partial charge is 0.506 e. The smallest absolute Gasteiger partial charge is 0.185 e. The number of hydrogen-bond donors (Lipinski definition) is 2. The maximum atomic E-state index is 13.4. The van der Waals surface area contributed by atoms with Crippen LogP contribution in [-0.4, -0.2) is 5.11 Å². The van der Waals surface area contributed by atoms with Crippen LogP contribution < -0.4 is 5.32 Å². The first-order chi connectivity index (χ1) is 9.41. The number of phenols is 1. The summed E-state index contributed by atoms with van der Waals surface area (Å²) in [5.74, 6) is -6.38. The SMILES string of the molecule is Oc1c(Cl)cccc1CNc1c(F)c(F)cc(F)c1F. The summed E-state index contributed by atoms with van der Waals surface area (Å²) in [6.45, 7) is -0.261. The Balaban J connectivity index is 2.30. The molecular weight excluding hydrogens is 298 g/mol. The van der Waals surface area contributed by atoms with E-state index in [1.165, 1.54) is 18.2 Å². The zero-order chi connectivity index (χ0) is 14.9.